The number of nitrogens with one attached hydrogen (secondary N) is 1. The predicted molar refractivity (Wildman–Crippen MR) is 79.0 cm³/mol. The largest absolute Gasteiger partial charge is 0.375 e. The van der Waals surface area contributed by atoms with Crippen molar-refractivity contribution in [3.05, 3.63) is 63.2 Å². The second kappa shape index (κ2) is 6.49. The van der Waals surface area contributed by atoms with Crippen LogP contribution in [-0.2, 0) is 0 Å². The third kappa shape index (κ3) is 3.66. The summed E-state index contributed by atoms with van der Waals surface area (Å²) in [4.78, 5) is 14.2. The molecule has 1 N–H and O–H groups in total. The molecule has 1 atom stereocenters. The van der Waals surface area contributed by atoms with E-state index in [1.165, 1.54) is 18.2 Å². The van der Waals surface area contributed by atoms with Crippen molar-refractivity contribution in [2.24, 2.45) is 0 Å². The van der Waals surface area contributed by atoms with E-state index in [1.54, 1.807) is 12.1 Å². The van der Waals surface area contributed by atoms with Gasteiger partial charge in [0.25, 0.3) is 5.69 Å². The van der Waals surface area contributed by atoms with Gasteiger partial charge in [-0.3, -0.25) is 15.1 Å². The smallest absolute Gasteiger partial charge is 0.271 e. The molecule has 1 aromatic carbocycles. The highest BCUT2D eigenvalue weighted by Gasteiger charge is 2.14. The Morgan fingerprint density at radius 2 is 2.19 bits per heavy atom. The Morgan fingerprint density at radius 3 is 2.71 bits per heavy atom. The number of nitrogens with zero attached hydrogens (tertiary/aromatic N) is 2. The van der Waals surface area contributed by atoms with Gasteiger partial charge in [-0.15, -0.1) is 0 Å². The van der Waals surface area contributed by atoms with Crippen molar-refractivity contribution >= 4 is 23.0 Å². The molecule has 0 aliphatic carbocycles. The summed E-state index contributed by atoms with van der Waals surface area (Å²) in [6.45, 7) is 1.95. The lowest BCUT2D eigenvalue weighted by molar-refractivity contribution is -0.384. The SMILES string of the molecule is CCC(Nc1ccc([N+](=O)[O-])cc1Cl)c1ccc(F)cn1. The molecule has 110 valence electrons. The van der Waals surface area contributed by atoms with Crippen LogP contribution in [-0.4, -0.2) is 9.91 Å². The van der Waals surface area contributed by atoms with E-state index in [1.807, 2.05) is 6.92 Å². The van der Waals surface area contributed by atoms with E-state index < -0.39 is 10.7 Å². The van der Waals surface area contributed by atoms with Crippen molar-refractivity contribution in [2.45, 2.75) is 19.4 Å². The number of aromatic nitrogens is 1. The fourth-order valence-corrected chi connectivity index (χ4v) is 2.13. The molecule has 1 heterocycles. The van der Waals surface area contributed by atoms with E-state index >= 15 is 0 Å². The third-order valence-electron chi connectivity index (χ3n) is 3.01. The van der Waals surface area contributed by atoms with Crippen LogP contribution in [0.2, 0.25) is 5.02 Å². The first-order valence-electron chi connectivity index (χ1n) is 6.33. The van der Waals surface area contributed by atoms with Gasteiger partial charge in [-0.2, -0.15) is 0 Å². The summed E-state index contributed by atoms with van der Waals surface area (Å²) in [7, 11) is 0. The molecule has 5 nitrogen and oxygen atoms in total. The standard InChI is InChI=1S/C14H13ClFN3O2/c1-2-12(14-5-3-9(16)8-17-14)18-13-6-4-10(19(20)21)7-11(13)15/h3-8,12,18H,2H2,1H3. The number of hydrogen-bond donors (Lipinski definition) is 1. The van der Waals surface area contributed by atoms with Gasteiger partial charge in [0.2, 0.25) is 0 Å². The summed E-state index contributed by atoms with van der Waals surface area (Å²) >= 11 is 6.04. The highest BCUT2D eigenvalue weighted by molar-refractivity contribution is 6.33. The van der Waals surface area contributed by atoms with Gasteiger partial charge < -0.3 is 5.32 Å². The zero-order valence-corrected chi connectivity index (χ0v) is 12.0. The molecule has 1 unspecified atom stereocenters. The number of pyridine rings is 1. The summed E-state index contributed by atoms with van der Waals surface area (Å²) in [5.41, 5.74) is 1.17. The van der Waals surface area contributed by atoms with Gasteiger partial charge in [-0.05, 0) is 24.6 Å². The van der Waals surface area contributed by atoms with Gasteiger partial charge in [0.05, 0.1) is 33.6 Å². The average Bonchev–Trinajstić information content (AvgIpc) is 2.47. The third-order valence-corrected chi connectivity index (χ3v) is 3.32. The summed E-state index contributed by atoms with van der Waals surface area (Å²) < 4.78 is 12.9. The number of benzene rings is 1. The maximum atomic E-state index is 12.9. The van der Waals surface area contributed by atoms with Crippen molar-refractivity contribution in [3.63, 3.8) is 0 Å². The Balaban J connectivity index is 2.22. The predicted octanol–water partition coefficient (Wildman–Crippen LogP) is 4.35. The Hall–Kier alpha value is -2.21. The minimum atomic E-state index is -0.505. The first kappa shape index (κ1) is 15.2. The number of halogens is 2. The number of hydrogen-bond acceptors (Lipinski definition) is 4. The molecule has 21 heavy (non-hydrogen) atoms. The summed E-state index contributed by atoms with van der Waals surface area (Å²) in [6, 6.07) is 6.98. The Morgan fingerprint density at radius 1 is 1.43 bits per heavy atom. The Labute approximate surface area is 125 Å². The number of nitro groups is 1. The minimum Gasteiger partial charge on any atom is -0.375 e. The molecule has 0 saturated carbocycles. The first-order valence-corrected chi connectivity index (χ1v) is 6.71. The molecule has 0 bridgehead atoms. The van der Waals surface area contributed by atoms with Crippen molar-refractivity contribution in [1.82, 2.24) is 4.98 Å². The Bertz CT molecular complexity index is 649. The quantitative estimate of drug-likeness (QED) is 0.658. The van der Waals surface area contributed by atoms with Crippen LogP contribution in [0.1, 0.15) is 25.1 Å². The summed E-state index contributed by atoms with van der Waals surface area (Å²) in [5, 5.41) is 14.1. The molecule has 0 amide bonds. The second-order valence-electron chi connectivity index (χ2n) is 4.43. The van der Waals surface area contributed by atoms with E-state index in [4.69, 9.17) is 11.6 Å². The number of rotatable bonds is 5. The second-order valence-corrected chi connectivity index (χ2v) is 4.83. The number of non-ortho nitro benzene ring substituents is 1. The van der Waals surface area contributed by atoms with Crippen LogP contribution in [0, 0.1) is 15.9 Å². The molecule has 0 radical (unpaired) electrons. The molecule has 0 fully saturated rings. The number of nitro benzene ring substituents is 1. The highest BCUT2D eigenvalue weighted by Crippen LogP contribution is 2.30. The number of anilines is 1. The molecular weight excluding hydrogens is 297 g/mol. The normalized spacial score (nSPS) is 12.0. The van der Waals surface area contributed by atoms with Crippen LogP contribution in [0.25, 0.3) is 0 Å². The molecule has 1 aromatic heterocycles. The van der Waals surface area contributed by atoms with Crippen LogP contribution in [0.15, 0.2) is 36.5 Å². The monoisotopic (exact) mass is 309 g/mol. The lowest BCUT2D eigenvalue weighted by atomic mass is 10.1. The topological polar surface area (TPSA) is 68.1 Å². The van der Waals surface area contributed by atoms with E-state index in [9.17, 15) is 14.5 Å². The van der Waals surface area contributed by atoms with Crippen LogP contribution in [0.3, 0.4) is 0 Å². The van der Waals surface area contributed by atoms with E-state index in [-0.39, 0.29) is 16.8 Å². The zero-order chi connectivity index (χ0) is 15.4. The lowest BCUT2D eigenvalue weighted by Gasteiger charge is -2.18. The van der Waals surface area contributed by atoms with E-state index in [0.29, 0.717) is 17.8 Å². The van der Waals surface area contributed by atoms with Gasteiger partial charge in [-0.1, -0.05) is 18.5 Å². The van der Waals surface area contributed by atoms with Crippen LogP contribution in [0.5, 0.6) is 0 Å². The molecule has 7 heteroatoms. The summed E-state index contributed by atoms with van der Waals surface area (Å²) in [5.74, 6) is -0.401. The summed E-state index contributed by atoms with van der Waals surface area (Å²) in [6.07, 6.45) is 1.85. The lowest BCUT2D eigenvalue weighted by Crippen LogP contribution is -2.11. The van der Waals surface area contributed by atoms with Crippen molar-refractivity contribution in [3.8, 4) is 0 Å². The molecule has 2 aromatic rings. The fraction of sp³-hybridized carbons (Fsp3) is 0.214. The van der Waals surface area contributed by atoms with E-state index in [2.05, 4.69) is 10.3 Å². The average molecular weight is 310 g/mol. The van der Waals surface area contributed by atoms with Crippen LogP contribution < -0.4 is 5.32 Å². The van der Waals surface area contributed by atoms with Gasteiger partial charge in [0.1, 0.15) is 5.82 Å². The van der Waals surface area contributed by atoms with Gasteiger partial charge in [0.15, 0.2) is 0 Å². The molecule has 0 saturated heterocycles. The maximum absolute atomic E-state index is 12.9. The van der Waals surface area contributed by atoms with Crippen molar-refractivity contribution < 1.29 is 9.31 Å². The maximum Gasteiger partial charge on any atom is 0.271 e. The first-order chi connectivity index (χ1) is 10.0. The van der Waals surface area contributed by atoms with Gasteiger partial charge in [-0.25, -0.2) is 4.39 Å². The van der Waals surface area contributed by atoms with Gasteiger partial charge in [0, 0.05) is 12.1 Å². The molecule has 0 aliphatic rings. The van der Waals surface area contributed by atoms with Crippen molar-refractivity contribution in [1.29, 1.82) is 0 Å². The van der Waals surface area contributed by atoms with Gasteiger partial charge >= 0.3 is 0 Å². The fourth-order valence-electron chi connectivity index (χ4n) is 1.90. The Kier molecular flexibility index (Phi) is 4.70. The molecular formula is C14H13ClFN3O2. The van der Waals surface area contributed by atoms with Crippen molar-refractivity contribution in [2.75, 3.05) is 5.32 Å². The molecule has 0 aliphatic heterocycles. The van der Waals surface area contributed by atoms with E-state index in [0.717, 1.165) is 6.20 Å². The molecule has 2 rings (SSSR count). The molecule has 0 spiro atoms. The minimum absolute atomic E-state index is 0.0708. The zero-order valence-electron chi connectivity index (χ0n) is 11.2. The van der Waals surface area contributed by atoms with Crippen LogP contribution in [0.4, 0.5) is 15.8 Å². The highest BCUT2D eigenvalue weighted by atomic mass is 35.5. The van der Waals surface area contributed by atoms with Crippen LogP contribution >= 0.6 is 11.6 Å².